The van der Waals surface area contributed by atoms with Crippen molar-refractivity contribution in [3.8, 4) is 0 Å². The number of carboxylic acid groups (broad SMARTS) is 1. The Morgan fingerprint density at radius 3 is 2.02 bits per heavy atom. The van der Waals surface area contributed by atoms with Crippen molar-refractivity contribution >= 4 is 28.7 Å². The van der Waals surface area contributed by atoms with E-state index in [9.17, 15) is 29.1 Å². The molecule has 4 aromatic rings. The number of nitrogens with zero attached hydrogens (tertiary/aromatic N) is 2. The van der Waals surface area contributed by atoms with E-state index in [0.29, 0.717) is 18.4 Å². The van der Waals surface area contributed by atoms with Crippen molar-refractivity contribution in [1.82, 2.24) is 19.8 Å². The second-order valence-corrected chi connectivity index (χ2v) is 10.5. The number of hydrogen-bond acceptors (Lipinski definition) is 5. The number of carbonyl (C=O) groups is 3. The average molecular weight is 569 g/mol. The first kappa shape index (κ1) is 28.5. The number of benzene rings is 3. The largest absolute Gasteiger partial charge is 0.481 e. The molecule has 2 unspecified atom stereocenters. The third kappa shape index (κ3) is 6.33. The first-order chi connectivity index (χ1) is 20.3. The Morgan fingerprint density at radius 1 is 0.833 bits per heavy atom. The fraction of sp³-hybridized carbons (Fsp3) is 0.281. The van der Waals surface area contributed by atoms with Crippen molar-refractivity contribution in [3.63, 3.8) is 0 Å². The summed E-state index contributed by atoms with van der Waals surface area (Å²) in [6, 6.07) is 22.6. The van der Waals surface area contributed by atoms with E-state index in [1.165, 1.54) is 0 Å². The topological polar surface area (TPSA) is 142 Å². The SMILES string of the molecule is O=C(O)C1CCN(C(=O)C(Cc2ccccc2)NC(=O)C(Cc2ccccc2)n2c(=O)[nH]c3ccccc3c2=O)CC1. The lowest BCUT2D eigenvalue weighted by Crippen LogP contribution is -2.54. The normalized spacial score (nSPS) is 15.2. The number of para-hydroxylation sites is 1. The number of aromatic amines is 1. The van der Waals surface area contributed by atoms with E-state index in [1.54, 1.807) is 53.4 Å². The van der Waals surface area contributed by atoms with Gasteiger partial charge >= 0.3 is 11.7 Å². The number of amides is 2. The molecule has 5 rings (SSSR count). The summed E-state index contributed by atoms with van der Waals surface area (Å²) in [4.78, 5) is 70.3. The molecule has 3 aromatic carbocycles. The zero-order chi connectivity index (χ0) is 29.6. The highest BCUT2D eigenvalue weighted by molar-refractivity contribution is 5.90. The quantitative estimate of drug-likeness (QED) is 0.283. The molecule has 10 nitrogen and oxygen atoms in total. The summed E-state index contributed by atoms with van der Waals surface area (Å²) in [6.45, 7) is 0.516. The van der Waals surface area contributed by atoms with E-state index in [1.807, 2.05) is 36.4 Å². The summed E-state index contributed by atoms with van der Waals surface area (Å²) < 4.78 is 0.924. The third-order valence-corrected chi connectivity index (χ3v) is 7.78. The fourth-order valence-corrected chi connectivity index (χ4v) is 5.48. The highest BCUT2D eigenvalue weighted by atomic mass is 16.4. The summed E-state index contributed by atoms with van der Waals surface area (Å²) in [5, 5.41) is 12.5. The third-order valence-electron chi connectivity index (χ3n) is 7.78. The zero-order valence-electron chi connectivity index (χ0n) is 22.9. The maximum atomic E-state index is 14.0. The van der Waals surface area contributed by atoms with Crippen LogP contribution in [0.15, 0.2) is 94.5 Å². The summed E-state index contributed by atoms with van der Waals surface area (Å²) in [7, 11) is 0. The van der Waals surface area contributed by atoms with Crippen LogP contribution < -0.4 is 16.6 Å². The lowest BCUT2D eigenvalue weighted by Gasteiger charge is -2.33. The van der Waals surface area contributed by atoms with Crippen LogP contribution in [0.25, 0.3) is 10.9 Å². The minimum atomic E-state index is -1.24. The number of aromatic nitrogens is 2. The van der Waals surface area contributed by atoms with Crippen molar-refractivity contribution in [2.75, 3.05) is 13.1 Å². The van der Waals surface area contributed by atoms with Gasteiger partial charge in [0.1, 0.15) is 12.1 Å². The van der Waals surface area contributed by atoms with Crippen molar-refractivity contribution in [2.45, 2.75) is 37.8 Å². The van der Waals surface area contributed by atoms with E-state index in [-0.39, 0.29) is 37.2 Å². The fourth-order valence-electron chi connectivity index (χ4n) is 5.48. The van der Waals surface area contributed by atoms with E-state index in [2.05, 4.69) is 10.3 Å². The van der Waals surface area contributed by atoms with Crippen LogP contribution in [0.3, 0.4) is 0 Å². The molecule has 216 valence electrons. The van der Waals surface area contributed by atoms with Crippen LogP contribution in [0.4, 0.5) is 0 Å². The lowest BCUT2D eigenvalue weighted by molar-refractivity contribution is -0.146. The Bertz CT molecular complexity index is 1690. The molecule has 1 aromatic heterocycles. The zero-order valence-corrected chi connectivity index (χ0v) is 22.9. The Hall–Kier alpha value is -4.99. The number of rotatable bonds is 9. The summed E-state index contributed by atoms with van der Waals surface area (Å²) >= 11 is 0. The summed E-state index contributed by atoms with van der Waals surface area (Å²) in [5.41, 5.74) is 0.587. The average Bonchev–Trinajstić information content (AvgIpc) is 3.01. The Balaban J connectivity index is 1.49. The molecule has 3 N–H and O–H groups in total. The molecular formula is C32H32N4O6. The van der Waals surface area contributed by atoms with Crippen LogP contribution in [0.2, 0.25) is 0 Å². The van der Waals surface area contributed by atoms with Gasteiger partial charge in [0.25, 0.3) is 5.56 Å². The van der Waals surface area contributed by atoms with Crippen LogP contribution in [0, 0.1) is 5.92 Å². The van der Waals surface area contributed by atoms with Crippen molar-refractivity contribution in [2.24, 2.45) is 5.92 Å². The van der Waals surface area contributed by atoms with Crippen LogP contribution in [-0.4, -0.2) is 56.5 Å². The van der Waals surface area contributed by atoms with Gasteiger partial charge in [-0.05, 0) is 36.1 Å². The first-order valence-corrected chi connectivity index (χ1v) is 13.9. The molecule has 0 radical (unpaired) electrons. The number of carboxylic acids is 1. The molecule has 1 aliphatic rings. The Morgan fingerprint density at radius 2 is 1.40 bits per heavy atom. The molecule has 0 bridgehead atoms. The van der Waals surface area contributed by atoms with E-state index in [0.717, 1.165) is 15.7 Å². The molecule has 0 spiro atoms. The van der Waals surface area contributed by atoms with E-state index < -0.39 is 41.1 Å². The number of hydrogen-bond donors (Lipinski definition) is 3. The molecule has 2 atom stereocenters. The minimum Gasteiger partial charge on any atom is -0.481 e. The smallest absolute Gasteiger partial charge is 0.329 e. The second-order valence-electron chi connectivity index (χ2n) is 10.5. The minimum absolute atomic E-state index is 0.0459. The predicted molar refractivity (Wildman–Crippen MR) is 157 cm³/mol. The summed E-state index contributed by atoms with van der Waals surface area (Å²) in [5.74, 6) is -2.38. The van der Waals surface area contributed by atoms with Gasteiger partial charge in [0, 0.05) is 25.9 Å². The molecule has 1 saturated heterocycles. The van der Waals surface area contributed by atoms with Crippen molar-refractivity contribution in [3.05, 3.63) is 117 Å². The van der Waals surface area contributed by atoms with Gasteiger partial charge in [0.15, 0.2) is 0 Å². The Kier molecular flexibility index (Phi) is 8.61. The van der Waals surface area contributed by atoms with Crippen LogP contribution in [0.1, 0.15) is 30.0 Å². The number of H-pyrrole nitrogens is 1. The van der Waals surface area contributed by atoms with Gasteiger partial charge in [-0.25, -0.2) is 9.36 Å². The monoisotopic (exact) mass is 568 g/mol. The van der Waals surface area contributed by atoms with Crippen LogP contribution >= 0.6 is 0 Å². The first-order valence-electron chi connectivity index (χ1n) is 13.9. The lowest BCUT2D eigenvalue weighted by atomic mass is 9.95. The van der Waals surface area contributed by atoms with Gasteiger partial charge in [-0.15, -0.1) is 0 Å². The summed E-state index contributed by atoms with van der Waals surface area (Å²) in [6.07, 6.45) is 0.882. The highest BCUT2D eigenvalue weighted by Crippen LogP contribution is 2.20. The van der Waals surface area contributed by atoms with E-state index in [4.69, 9.17) is 0 Å². The van der Waals surface area contributed by atoms with Crippen molar-refractivity contribution < 1.29 is 19.5 Å². The Labute approximate surface area is 241 Å². The van der Waals surface area contributed by atoms with Gasteiger partial charge in [0.05, 0.1) is 16.8 Å². The number of likely N-dealkylation sites (tertiary alicyclic amines) is 1. The number of fused-ring (bicyclic) bond motifs is 1. The molecule has 0 aliphatic carbocycles. The molecule has 1 aliphatic heterocycles. The van der Waals surface area contributed by atoms with Crippen LogP contribution in [0.5, 0.6) is 0 Å². The number of piperidine rings is 1. The van der Waals surface area contributed by atoms with Gasteiger partial charge < -0.3 is 20.3 Å². The molecule has 2 amide bonds. The van der Waals surface area contributed by atoms with Gasteiger partial charge in [-0.3, -0.25) is 19.2 Å². The van der Waals surface area contributed by atoms with Gasteiger partial charge in [-0.2, -0.15) is 0 Å². The molecular weight excluding hydrogens is 536 g/mol. The van der Waals surface area contributed by atoms with E-state index >= 15 is 0 Å². The standard InChI is InChI=1S/C32H32N4O6/c37-28(33-26(19-21-9-3-1-4-10-21)30(39)35-17-15-23(16-18-35)31(40)41)27(20-22-11-5-2-6-12-22)36-29(38)24-13-7-8-14-25(24)34-32(36)42/h1-14,23,26-27H,15-20H2,(H,33,37)(H,34,42)(H,40,41). The van der Waals surface area contributed by atoms with Gasteiger partial charge in [-0.1, -0.05) is 72.8 Å². The van der Waals surface area contributed by atoms with Crippen molar-refractivity contribution in [1.29, 1.82) is 0 Å². The number of nitrogens with one attached hydrogen (secondary N) is 2. The predicted octanol–water partition coefficient (Wildman–Crippen LogP) is 2.52. The molecule has 42 heavy (non-hydrogen) atoms. The molecule has 10 heteroatoms. The number of aliphatic carboxylic acids is 1. The maximum absolute atomic E-state index is 14.0. The van der Waals surface area contributed by atoms with Gasteiger partial charge in [0.2, 0.25) is 11.8 Å². The number of carbonyl (C=O) groups excluding carboxylic acids is 2. The highest BCUT2D eigenvalue weighted by Gasteiger charge is 2.34. The van der Waals surface area contributed by atoms with Crippen LogP contribution in [-0.2, 0) is 27.2 Å². The second kappa shape index (κ2) is 12.7. The maximum Gasteiger partial charge on any atom is 0.329 e. The molecule has 0 saturated carbocycles. The molecule has 1 fully saturated rings. The molecule has 2 heterocycles.